The molecule has 0 amide bonds. The van der Waals surface area contributed by atoms with Crippen LogP contribution in [0.5, 0.6) is 5.75 Å². The van der Waals surface area contributed by atoms with Crippen LogP contribution in [0.4, 0.5) is 35.1 Å². The maximum absolute atomic E-state index is 15.2. The van der Waals surface area contributed by atoms with E-state index in [9.17, 15) is 13.2 Å². The molecule has 0 aliphatic heterocycles. The summed E-state index contributed by atoms with van der Waals surface area (Å²) in [6.07, 6.45) is 0.629. The minimum absolute atomic E-state index is 0.0259. The Morgan fingerprint density at radius 1 is 0.596 bits per heavy atom. The van der Waals surface area contributed by atoms with Crippen molar-refractivity contribution in [1.29, 1.82) is 0 Å². The van der Waals surface area contributed by atoms with Gasteiger partial charge in [-0.15, -0.1) is 0 Å². The van der Waals surface area contributed by atoms with E-state index in [2.05, 4.69) is 11.7 Å². The zero-order valence-electron chi connectivity index (χ0n) is 25.1. The van der Waals surface area contributed by atoms with Crippen LogP contribution in [-0.2, 0) is 12.5 Å². The third kappa shape index (κ3) is 7.56. The van der Waals surface area contributed by atoms with Gasteiger partial charge in [0.25, 0.3) is 0 Å². The van der Waals surface area contributed by atoms with E-state index in [1.165, 1.54) is 24.3 Å². The van der Waals surface area contributed by atoms with Gasteiger partial charge in [-0.05, 0) is 83.1 Å². The van der Waals surface area contributed by atoms with E-state index in [4.69, 9.17) is 0 Å². The zero-order chi connectivity index (χ0) is 33.7. The average molecular weight is 653 g/mol. The molecular weight excluding hydrogens is 624 g/mol. The van der Waals surface area contributed by atoms with E-state index in [0.717, 1.165) is 61.1 Å². The third-order valence-corrected chi connectivity index (χ3v) is 7.71. The predicted octanol–water partition coefficient (Wildman–Crippen LogP) is 12.2. The molecular formula is C38H28F8O. The number of hydrogen-bond acceptors (Lipinski definition) is 1. The SMILES string of the molecule is CCCCCc1ccc(-c2ccc(-c3cc(F)c(C(F)(F)Oc4ccc(-c5ccc(/C=C/F)c(F)c5)c(F)c4)c(F)c3)c(F)c2)cc1. The van der Waals surface area contributed by atoms with E-state index >= 15 is 22.0 Å². The number of hydrogen-bond donors (Lipinski definition) is 0. The summed E-state index contributed by atoms with van der Waals surface area (Å²) in [4.78, 5) is 0. The molecule has 0 spiro atoms. The smallest absolute Gasteiger partial charge is 0.429 e. The van der Waals surface area contributed by atoms with E-state index in [1.807, 2.05) is 24.3 Å². The van der Waals surface area contributed by atoms with Gasteiger partial charge in [0.1, 0.15) is 40.4 Å². The summed E-state index contributed by atoms with van der Waals surface area (Å²) in [6, 6.07) is 18.7. The highest BCUT2D eigenvalue weighted by molar-refractivity contribution is 5.72. The molecule has 0 N–H and O–H groups in total. The summed E-state index contributed by atoms with van der Waals surface area (Å²) >= 11 is 0. The van der Waals surface area contributed by atoms with Gasteiger partial charge < -0.3 is 4.74 Å². The molecule has 9 heteroatoms. The number of ether oxygens (including phenoxy) is 1. The van der Waals surface area contributed by atoms with E-state index in [-0.39, 0.29) is 34.1 Å². The van der Waals surface area contributed by atoms with Crippen LogP contribution in [0, 0.1) is 29.1 Å². The van der Waals surface area contributed by atoms with Crippen molar-refractivity contribution in [2.45, 2.75) is 38.7 Å². The molecule has 0 saturated carbocycles. The number of halogens is 8. The summed E-state index contributed by atoms with van der Waals surface area (Å²) in [5.74, 6) is -6.94. The second kappa shape index (κ2) is 14.2. The molecule has 5 aromatic rings. The Labute approximate surface area is 266 Å². The van der Waals surface area contributed by atoms with Gasteiger partial charge in [0.2, 0.25) is 0 Å². The second-order valence-corrected chi connectivity index (χ2v) is 11.0. The molecule has 0 heterocycles. The first kappa shape index (κ1) is 33.4. The van der Waals surface area contributed by atoms with Crippen molar-refractivity contribution in [3.63, 3.8) is 0 Å². The van der Waals surface area contributed by atoms with Crippen LogP contribution in [0.1, 0.15) is 42.9 Å². The Balaban J connectivity index is 1.35. The number of unbranched alkanes of at least 4 members (excludes halogenated alkanes) is 2. The number of aryl methyl sites for hydroxylation is 1. The van der Waals surface area contributed by atoms with Crippen molar-refractivity contribution in [1.82, 2.24) is 0 Å². The van der Waals surface area contributed by atoms with E-state index < -0.39 is 46.5 Å². The van der Waals surface area contributed by atoms with Crippen molar-refractivity contribution < 1.29 is 39.9 Å². The van der Waals surface area contributed by atoms with Crippen molar-refractivity contribution >= 4 is 6.08 Å². The molecule has 1 nitrogen and oxygen atoms in total. The summed E-state index contributed by atoms with van der Waals surface area (Å²) < 4.78 is 121. The molecule has 47 heavy (non-hydrogen) atoms. The summed E-state index contributed by atoms with van der Waals surface area (Å²) in [5.41, 5.74) is -0.113. The lowest BCUT2D eigenvalue weighted by atomic mass is 9.97. The molecule has 0 bridgehead atoms. The molecule has 242 valence electrons. The monoisotopic (exact) mass is 652 g/mol. The van der Waals surface area contributed by atoms with Gasteiger partial charge in [0, 0.05) is 22.8 Å². The van der Waals surface area contributed by atoms with E-state index in [1.54, 1.807) is 6.07 Å². The van der Waals surface area contributed by atoms with Crippen LogP contribution in [0.15, 0.2) is 97.3 Å². The Bertz CT molecular complexity index is 1890. The quantitative estimate of drug-likeness (QED) is 0.102. The Kier molecular flexibility index (Phi) is 10.1. The minimum atomic E-state index is -4.60. The first-order valence-electron chi connectivity index (χ1n) is 14.8. The van der Waals surface area contributed by atoms with Gasteiger partial charge in [-0.25, -0.2) is 26.3 Å². The highest BCUT2D eigenvalue weighted by Crippen LogP contribution is 2.39. The molecule has 5 aromatic carbocycles. The maximum atomic E-state index is 15.2. The van der Waals surface area contributed by atoms with Gasteiger partial charge >= 0.3 is 6.11 Å². The van der Waals surface area contributed by atoms with Crippen LogP contribution >= 0.6 is 0 Å². The fourth-order valence-electron chi connectivity index (χ4n) is 5.27. The number of benzene rings is 5. The van der Waals surface area contributed by atoms with Crippen LogP contribution in [0.3, 0.4) is 0 Å². The maximum Gasteiger partial charge on any atom is 0.432 e. The Morgan fingerprint density at radius 3 is 1.79 bits per heavy atom. The molecule has 0 fully saturated rings. The molecule has 5 rings (SSSR count). The van der Waals surface area contributed by atoms with Crippen molar-refractivity contribution in [2.24, 2.45) is 0 Å². The van der Waals surface area contributed by atoms with Gasteiger partial charge in [-0.1, -0.05) is 68.3 Å². The van der Waals surface area contributed by atoms with Gasteiger partial charge in [0.15, 0.2) is 0 Å². The first-order valence-corrected chi connectivity index (χ1v) is 14.8. The van der Waals surface area contributed by atoms with Crippen molar-refractivity contribution in [3.05, 3.63) is 143 Å². The van der Waals surface area contributed by atoms with Crippen LogP contribution in [0.25, 0.3) is 39.5 Å². The van der Waals surface area contributed by atoms with Crippen molar-refractivity contribution in [3.8, 4) is 39.1 Å². The molecule has 0 unspecified atom stereocenters. The fraction of sp³-hybridized carbons (Fsp3) is 0.158. The van der Waals surface area contributed by atoms with Crippen LogP contribution in [-0.4, -0.2) is 0 Å². The molecule has 0 radical (unpaired) electrons. The first-order chi connectivity index (χ1) is 22.5. The lowest BCUT2D eigenvalue weighted by Gasteiger charge is -2.20. The Hall–Kier alpha value is -4.92. The standard InChI is InChI=1S/C38H28F8O/c1-2-3-4-5-23-6-8-24(9-7-23)26-12-14-31(33(41)18-26)28-20-35(43)37(36(44)21-28)38(45,46)47-29-13-15-30(34(42)22-29)27-11-10-25(16-17-39)32(40)19-27/h6-22H,2-5H2,1H3/b17-16+. The fourth-order valence-corrected chi connectivity index (χ4v) is 5.27. The summed E-state index contributed by atoms with van der Waals surface area (Å²) in [5, 5.41) is 0. The van der Waals surface area contributed by atoms with Gasteiger partial charge in [0.05, 0.1) is 6.33 Å². The molecule has 0 aliphatic carbocycles. The predicted molar refractivity (Wildman–Crippen MR) is 167 cm³/mol. The molecule has 0 saturated heterocycles. The van der Waals surface area contributed by atoms with E-state index in [0.29, 0.717) is 23.8 Å². The lowest BCUT2D eigenvalue weighted by molar-refractivity contribution is -0.189. The van der Waals surface area contributed by atoms with Gasteiger partial charge in [-0.3, -0.25) is 0 Å². The normalized spacial score (nSPS) is 11.8. The minimum Gasteiger partial charge on any atom is -0.429 e. The van der Waals surface area contributed by atoms with Crippen LogP contribution < -0.4 is 4.74 Å². The molecule has 0 aliphatic rings. The van der Waals surface area contributed by atoms with Crippen LogP contribution in [0.2, 0.25) is 0 Å². The lowest BCUT2D eigenvalue weighted by Crippen LogP contribution is -2.25. The molecule has 0 atom stereocenters. The van der Waals surface area contributed by atoms with Gasteiger partial charge in [-0.2, -0.15) is 8.78 Å². The Morgan fingerprint density at radius 2 is 1.17 bits per heavy atom. The summed E-state index contributed by atoms with van der Waals surface area (Å²) in [7, 11) is 0. The molecule has 0 aromatic heterocycles. The second-order valence-electron chi connectivity index (χ2n) is 11.0. The zero-order valence-corrected chi connectivity index (χ0v) is 25.1. The summed E-state index contributed by atoms with van der Waals surface area (Å²) in [6.45, 7) is 2.12. The third-order valence-electron chi connectivity index (χ3n) is 7.71. The largest absolute Gasteiger partial charge is 0.432 e. The number of alkyl halides is 2. The topological polar surface area (TPSA) is 9.23 Å². The highest BCUT2D eigenvalue weighted by Gasteiger charge is 2.41. The highest BCUT2D eigenvalue weighted by atomic mass is 19.3. The number of rotatable bonds is 11. The van der Waals surface area contributed by atoms with Crippen molar-refractivity contribution in [2.75, 3.05) is 0 Å². The average Bonchev–Trinajstić information content (AvgIpc) is 3.02.